The number of aryl methyl sites for hydroxylation is 1. The molecule has 1 amide bonds. The van der Waals surface area contributed by atoms with Crippen molar-refractivity contribution in [2.75, 3.05) is 11.1 Å². The zero-order chi connectivity index (χ0) is 20.3. The largest absolute Gasteiger partial charge is 0.325 e. The Kier molecular flexibility index (Phi) is 6.31. The Labute approximate surface area is 172 Å². The van der Waals surface area contributed by atoms with E-state index in [9.17, 15) is 9.59 Å². The minimum Gasteiger partial charge on any atom is -0.325 e. The van der Waals surface area contributed by atoms with Crippen molar-refractivity contribution < 1.29 is 9.59 Å². The molecule has 6 nitrogen and oxygen atoms in total. The first-order valence-electron chi connectivity index (χ1n) is 8.92. The minimum absolute atomic E-state index is 0.000749. The van der Waals surface area contributed by atoms with Gasteiger partial charge in [0.2, 0.25) is 5.91 Å². The Morgan fingerprint density at radius 3 is 2.46 bits per heavy atom. The highest BCUT2D eigenvalue weighted by Crippen LogP contribution is 2.31. The number of rotatable bonds is 7. The molecule has 3 rings (SSSR count). The lowest BCUT2D eigenvalue weighted by molar-refractivity contribution is -0.113. The summed E-state index contributed by atoms with van der Waals surface area (Å²) in [4.78, 5) is 24.9. The predicted molar refractivity (Wildman–Crippen MR) is 114 cm³/mol. The summed E-state index contributed by atoms with van der Waals surface area (Å²) < 4.78 is 2.04. The molecular weight excluding hydrogens is 392 g/mol. The van der Waals surface area contributed by atoms with E-state index in [2.05, 4.69) is 34.7 Å². The summed E-state index contributed by atoms with van der Waals surface area (Å²) in [6.07, 6.45) is 0. The number of Topliss-reactive ketones (excluding diaryl/α,β-unsaturated/α-hetero) is 1. The highest BCUT2D eigenvalue weighted by molar-refractivity contribution is 7.99. The molecule has 1 aromatic carbocycles. The van der Waals surface area contributed by atoms with Crippen LogP contribution in [0.1, 0.15) is 34.6 Å². The third kappa shape index (κ3) is 4.34. The van der Waals surface area contributed by atoms with Crippen molar-refractivity contribution >= 4 is 40.5 Å². The van der Waals surface area contributed by atoms with Gasteiger partial charge >= 0.3 is 0 Å². The van der Waals surface area contributed by atoms with Crippen molar-refractivity contribution in [1.29, 1.82) is 0 Å². The van der Waals surface area contributed by atoms with Crippen molar-refractivity contribution in [3.05, 3.63) is 45.6 Å². The van der Waals surface area contributed by atoms with Gasteiger partial charge in [-0.3, -0.25) is 9.59 Å². The van der Waals surface area contributed by atoms with E-state index in [1.54, 1.807) is 35.6 Å². The van der Waals surface area contributed by atoms with E-state index in [4.69, 9.17) is 0 Å². The fourth-order valence-corrected chi connectivity index (χ4v) is 4.40. The Morgan fingerprint density at radius 2 is 1.89 bits per heavy atom. The number of amides is 1. The lowest BCUT2D eigenvalue weighted by Gasteiger charge is -2.08. The highest BCUT2D eigenvalue weighted by Gasteiger charge is 2.17. The number of hydrogen-bond donors (Lipinski definition) is 1. The molecule has 0 atom stereocenters. The van der Waals surface area contributed by atoms with Crippen LogP contribution in [0.4, 0.5) is 5.69 Å². The van der Waals surface area contributed by atoms with Gasteiger partial charge < -0.3 is 9.88 Å². The van der Waals surface area contributed by atoms with Crippen LogP contribution >= 0.6 is 23.1 Å². The molecule has 0 aliphatic rings. The summed E-state index contributed by atoms with van der Waals surface area (Å²) in [5.41, 5.74) is 3.60. The van der Waals surface area contributed by atoms with E-state index in [-0.39, 0.29) is 17.4 Å². The van der Waals surface area contributed by atoms with Gasteiger partial charge in [0.05, 0.1) is 5.75 Å². The first kappa shape index (κ1) is 20.3. The van der Waals surface area contributed by atoms with Gasteiger partial charge in [0, 0.05) is 33.6 Å². The van der Waals surface area contributed by atoms with Crippen molar-refractivity contribution in [2.45, 2.75) is 39.4 Å². The third-order valence-electron chi connectivity index (χ3n) is 4.47. The molecule has 0 aliphatic carbocycles. The maximum atomic E-state index is 12.3. The Balaban J connectivity index is 1.66. The summed E-state index contributed by atoms with van der Waals surface area (Å²) in [5, 5.41) is 14.3. The molecule has 0 saturated carbocycles. The number of benzene rings is 1. The Bertz CT molecular complexity index is 1010. The molecule has 0 unspecified atom stereocenters. The smallest absolute Gasteiger partial charge is 0.234 e. The number of aromatic nitrogens is 3. The normalized spacial score (nSPS) is 10.9. The van der Waals surface area contributed by atoms with Crippen molar-refractivity contribution in [2.24, 2.45) is 0 Å². The van der Waals surface area contributed by atoms with Gasteiger partial charge in [-0.1, -0.05) is 11.8 Å². The van der Waals surface area contributed by atoms with Gasteiger partial charge in [0.25, 0.3) is 0 Å². The Hall–Kier alpha value is -2.45. The molecule has 1 N–H and O–H groups in total. The third-order valence-corrected chi connectivity index (χ3v) is 6.45. The lowest BCUT2D eigenvalue weighted by atomic mass is 10.1. The van der Waals surface area contributed by atoms with Crippen molar-refractivity contribution in [3.8, 4) is 11.4 Å². The number of nitrogens with one attached hydrogen (secondary N) is 1. The van der Waals surface area contributed by atoms with Crippen LogP contribution in [0.15, 0.2) is 34.8 Å². The average molecular weight is 415 g/mol. The van der Waals surface area contributed by atoms with Crippen LogP contribution in [0, 0.1) is 13.8 Å². The molecule has 3 aromatic rings. The van der Waals surface area contributed by atoms with Crippen molar-refractivity contribution in [3.63, 3.8) is 0 Å². The van der Waals surface area contributed by atoms with Gasteiger partial charge in [-0.15, -0.1) is 21.5 Å². The van der Waals surface area contributed by atoms with Crippen molar-refractivity contribution in [1.82, 2.24) is 14.8 Å². The zero-order valence-electron chi connectivity index (χ0n) is 16.3. The summed E-state index contributed by atoms with van der Waals surface area (Å²) in [5.74, 6) is 0.940. The number of carbonyl (C=O) groups excluding carboxylic acids is 2. The molecule has 2 heterocycles. The molecule has 28 heavy (non-hydrogen) atoms. The topological polar surface area (TPSA) is 76.9 Å². The van der Waals surface area contributed by atoms with E-state index in [0.717, 1.165) is 23.1 Å². The molecule has 8 heteroatoms. The van der Waals surface area contributed by atoms with Crippen LogP contribution in [0.3, 0.4) is 0 Å². The monoisotopic (exact) mass is 414 g/mol. The second kappa shape index (κ2) is 8.70. The number of nitrogens with zero attached hydrogens (tertiary/aromatic N) is 3. The number of hydrogen-bond acceptors (Lipinski definition) is 6. The molecular formula is C20H22N4O2S2. The van der Waals surface area contributed by atoms with E-state index >= 15 is 0 Å². The van der Waals surface area contributed by atoms with Gasteiger partial charge in [-0.05, 0) is 57.5 Å². The van der Waals surface area contributed by atoms with E-state index < -0.39 is 0 Å². The number of thiophene rings is 1. The second-order valence-electron chi connectivity index (χ2n) is 6.35. The van der Waals surface area contributed by atoms with Crippen LogP contribution in [-0.4, -0.2) is 32.2 Å². The van der Waals surface area contributed by atoms with Crippen LogP contribution in [0.5, 0.6) is 0 Å². The van der Waals surface area contributed by atoms with E-state index in [1.165, 1.54) is 29.1 Å². The number of thioether (sulfide) groups is 1. The summed E-state index contributed by atoms with van der Waals surface area (Å²) in [6.45, 7) is 8.48. The second-order valence-corrected chi connectivity index (χ2v) is 8.38. The van der Waals surface area contributed by atoms with Gasteiger partial charge in [0.15, 0.2) is 16.8 Å². The number of ketones is 1. The fraction of sp³-hybridized carbons (Fsp3) is 0.300. The maximum Gasteiger partial charge on any atom is 0.234 e. The van der Waals surface area contributed by atoms with Crippen LogP contribution in [-0.2, 0) is 11.3 Å². The number of anilines is 1. The molecule has 0 bridgehead atoms. The quantitative estimate of drug-likeness (QED) is 0.452. The van der Waals surface area contributed by atoms with Gasteiger partial charge in [-0.25, -0.2) is 0 Å². The molecule has 0 saturated heterocycles. The van der Waals surface area contributed by atoms with Gasteiger partial charge in [-0.2, -0.15) is 0 Å². The summed E-state index contributed by atoms with van der Waals surface area (Å²) in [7, 11) is 0. The van der Waals surface area contributed by atoms with E-state index in [1.807, 2.05) is 11.5 Å². The van der Waals surface area contributed by atoms with Gasteiger partial charge in [0.1, 0.15) is 0 Å². The molecule has 2 aromatic heterocycles. The minimum atomic E-state index is -0.129. The van der Waals surface area contributed by atoms with E-state index in [0.29, 0.717) is 11.3 Å². The summed E-state index contributed by atoms with van der Waals surface area (Å²) in [6, 6.07) is 6.87. The lowest BCUT2D eigenvalue weighted by Crippen LogP contribution is -2.14. The number of carbonyl (C=O) groups is 2. The van der Waals surface area contributed by atoms with Crippen LogP contribution in [0.25, 0.3) is 11.4 Å². The standard InChI is InChI=1S/C20H22N4O2S2/c1-5-24-19(17-10-27-14(4)12(17)2)22-23-20(24)28-11-18(26)21-16-8-6-15(7-9-16)13(3)25/h6-10H,5,11H2,1-4H3,(H,21,26). The summed E-state index contributed by atoms with van der Waals surface area (Å²) >= 11 is 3.07. The average Bonchev–Trinajstić information content (AvgIpc) is 3.23. The SMILES string of the molecule is CCn1c(SCC(=O)Nc2ccc(C(C)=O)cc2)nnc1-c1csc(C)c1C. The van der Waals surface area contributed by atoms with Crippen LogP contribution in [0.2, 0.25) is 0 Å². The maximum absolute atomic E-state index is 12.3. The highest BCUT2D eigenvalue weighted by atomic mass is 32.2. The fourth-order valence-electron chi connectivity index (χ4n) is 2.73. The van der Waals surface area contributed by atoms with Crippen LogP contribution < -0.4 is 5.32 Å². The Morgan fingerprint density at radius 1 is 1.18 bits per heavy atom. The predicted octanol–water partition coefficient (Wildman–Crippen LogP) is 4.58. The first-order valence-corrected chi connectivity index (χ1v) is 10.8. The molecule has 0 radical (unpaired) electrons. The first-order chi connectivity index (χ1) is 13.4. The zero-order valence-corrected chi connectivity index (χ0v) is 17.9. The molecule has 146 valence electrons. The molecule has 0 spiro atoms. The molecule has 0 aliphatic heterocycles. The molecule has 0 fully saturated rings.